The van der Waals surface area contributed by atoms with Crippen LogP contribution in [0.25, 0.3) is 0 Å². The summed E-state index contributed by atoms with van der Waals surface area (Å²) in [6.07, 6.45) is 5.42. The van der Waals surface area contributed by atoms with Crippen LogP contribution in [0.5, 0.6) is 17.2 Å². The van der Waals surface area contributed by atoms with E-state index in [1.165, 1.54) is 12.8 Å². The van der Waals surface area contributed by atoms with Crippen LogP contribution in [0, 0.1) is 5.92 Å². The number of carbonyl (C=O) groups is 1. The van der Waals surface area contributed by atoms with Crippen LogP contribution in [0.2, 0.25) is 0 Å². The number of benzene rings is 1. The number of carboxylic acid groups (broad SMARTS) is 1. The molecule has 6 heteroatoms. The Morgan fingerprint density at radius 2 is 2.17 bits per heavy atom. The van der Waals surface area contributed by atoms with Gasteiger partial charge in [0.25, 0.3) is 0 Å². The normalized spacial score (nSPS) is 28.6. The Labute approximate surface area is 141 Å². The number of nitrogens with zero attached hydrogens (tertiary/aromatic N) is 1. The summed E-state index contributed by atoms with van der Waals surface area (Å²) in [7, 11) is 1.61. The maximum atomic E-state index is 11.7. The zero-order chi connectivity index (χ0) is 16.7. The standard InChI is InChI=1S/C18H23NO5/c1-22-15-6-11(7-16-17(15)24-10-23-16)9-19-13-5-3-2-4-12(13)8-14(19)18(20)21/h6-7,12-14H,2-5,8-10H2,1H3,(H,20,21). The molecule has 0 amide bonds. The molecule has 1 aromatic carbocycles. The van der Waals surface area contributed by atoms with Gasteiger partial charge in [0, 0.05) is 12.6 Å². The van der Waals surface area contributed by atoms with Gasteiger partial charge in [0.2, 0.25) is 12.5 Å². The highest BCUT2D eigenvalue weighted by Gasteiger charge is 2.45. The quantitative estimate of drug-likeness (QED) is 0.913. The van der Waals surface area contributed by atoms with Gasteiger partial charge in [-0.1, -0.05) is 12.8 Å². The maximum Gasteiger partial charge on any atom is 0.320 e. The van der Waals surface area contributed by atoms with Gasteiger partial charge in [-0.25, -0.2) is 0 Å². The van der Waals surface area contributed by atoms with Crippen molar-refractivity contribution in [2.45, 2.75) is 50.7 Å². The van der Waals surface area contributed by atoms with Gasteiger partial charge in [0.1, 0.15) is 6.04 Å². The van der Waals surface area contributed by atoms with E-state index in [1.807, 2.05) is 12.1 Å². The molecule has 3 atom stereocenters. The van der Waals surface area contributed by atoms with Gasteiger partial charge >= 0.3 is 5.97 Å². The Balaban J connectivity index is 1.62. The molecule has 3 unspecified atom stereocenters. The number of hydrogen-bond acceptors (Lipinski definition) is 5. The molecule has 0 aromatic heterocycles. The molecule has 3 aliphatic rings. The van der Waals surface area contributed by atoms with E-state index >= 15 is 0 Å². The molecule has 2 heterocycles. The predicted octanol–water partition coefficient (Wildman–Crippen LogP) is 2.64. The minimum absolute atomic E-state index is 0.196. The molecule has 0 spiro atoms. The molecule has 1 N–H and O–H groups in total. The SMILES string of the molecule is COc1cc(CN2C(C(=O)O)CC3CCCCC32)cc2c1OCO2. The van der Waals surface area contributed by atoms with Crippen LogP contribution in [-0.2, 0) is 11.3 Å². The molecule has 130 valence electrons. The fourth-order valence-corrected chi connectivity index (χ4v) is 4.51. The van der Waals surface area contributed by atoms with Crippen LogP contribution >= 0.6 is 0 Å². The Morgan fingerprint density at radius 1 is 1.33 bits per heavy atom. The van der Waals surface area contributed by atoms with Gasteiger partial charge in [-0.05, 0) is 42.9 Å². The summed E-state index contributed by atoms with van der Waals surface area (Å²) in [5, 5.41) is 9.65. The van der Waals surface area contributed by atoms with E-state index in [2.05, 4.69) is 4.90 Å². The number of ether oxygens (including phenoxy) is 3. The first-order valence-electron chi connectivity index (χ1n) is 8.62. The van der Waals surface area contributed by atoms with Gasteiger partial charge in [-0.2, -0.15) is 0 Å². The maximum absolute atomic E-state index is 11.7. The van der Waals surface area contributed by atoms with Crippen molar-refractivity contribution in [2.24, 2.45) is 5.92 Å². The number of hydrogen-bond donors (Lipinski definition) is 1. The number of likely N-dealkylation sites (tertiary alicyclic amines) is 1. The lowest BCUT2D eigenvalue weighted by molar-refractivity contribution is -0.142. The molecule has 1 aliphatic carbocycles. The van der Waals surface area contributed by atoms with E-state index in [9.17, 15) is 9.90 Å². The smallest absolute Gasteiger partial charge is 0.320 e. The second-order valence-corrected chi connectivity index (χ2v) is 6.91. The van der Waals surface area contributed by atoms with Crippen LogP contribution in [-0.4, -0.2) is 42.0 Å². The fraction of sp³-hybridized carbons (Fsp3) is 0.611. The third-order valence-corrected chi connectivity index (χ3v) is 5.59. The number of rotatable bonds is 4. The van der Waals surface area contributed by atoms with Gasteiger partial charge in [-0.15, -0.1) is 0 Å². The summed E-state index contributed by atoms with van der Waals surface area (Å²) < 4.78 is 16.3. The lowest BCUT2D eigenvalue weighted by Gasteiger charge is -2.33. The molecule has 0 bridgehead atoms. The monoisotopic (exact) mass is 333 g/mol. The summed E-state index contributed by atoms with van der Waals surface area (Å²) in [6.45, 7) is 0.798. The van der Waals surface area contributed by atoms with Crippen LogP contribution in [0.1, 0.15) is 37.7 Å². The molecule has 0 radical (unpaired) electrons. The van der Waals surface area contributed by atoms with Crippen molar-refractivity contribution in [3.05, 3.63) is 17.7 Å². The second kappa shape index (κ2) is 6.16. The van der Waals surface area contributed by atoms with Gasteiger partial charge in [0.15, 0.2) is 11.5 Å². The highest BCUT2D eigenvalue weighted by atomic mass is 16.7. The van der Waals surface area contributed by atoms with E-state index < -0.39 is 12.0 Å². The Hall–Kier alpha value is -1.95. The molecular weight excluding hydrogens is 310 g/mol. The van der Waals surface area contributed by atoms with Crippen LogP contribution in [0.4, 0.5) is 0 Å². The Kier molecular flexibility index (Phi) is 4.00. The van der Waals surface area contributed by atoms with Gasteiger partial charge in [0.05, 0.1) is 7.11 Å². The fourth-order valence-electron chi connectivity index (χ4n) is 4.51. The Morgan fingerprint density at radius 3 is 2.96 bits per heavy atom. The van der Waals surface area contributed by atoms with Crippen molar-refractivity contribution < 1.29 is 24.1 Å². The first-order chi connectivity index (χ1) is 11.7. The molecular formula is C18H23NO5. The van der Waals surface area contributed by atoms with E-state index in [1.54, 1.807) is 7.11 Å². The van der Waals surface area contributed by atoms with E-state index in [0.29, 0.717) is 35.8 Å². The predicted molar refractivity (Wildman–Crippen MR) is 86.4 cm³/mol. The van der Waals surface area contributed by atoms with Crippen molar-refractivity contribution in [3.8, 4) is 17.2 Å². The van der Waals surface area contributed by atoms with Crippen molar-refractivity contribution in [1.82, 2.24) is 4.90 Å². The van der Waals surface area contributed by atoms with Crippen molar-refractivity contribution >= 4 is 5.97 Å². The largest absolute Gasteiger partial charge is 0.493 e. The third kappa shape index (κ3) is 2.59. The van der Waals surface area contributed by atoms with Gasteiger partial charge in [-0.3, -0.25) is 9.69 Å². The molecule has 1 saturated carbocycles. The highest BCUT2D eigenvalue weighted by molar-refractivity contribution is 5.74. The summed E-state index contributed by atoms with van der Waals surface area (Å²) >= 11 is 0. The van der Waals surface area contributed by atoms with Crippen LogP contribution in [0.3, 0.4) is 0 Å². The summed E-state index contributed by atoms with van der Waals surface area (Å²) in [5.74, 6) is 1.75. The van der Waals surface area contributed by atoms with Crippen LogP contribution < -0.4 is 14.2 Å². The average Bonchev–Trinajstić information content (AvgIpc) is 3.19. The second-order valence-electron chi connectivity index (χ2n) is 6.91. The minimum Gasteiger partial charge on any atom is -0.493 e. The minimum atomic E-state index is -0.711. The molecule has 1 aromatic rings. The summed E-state index contributed by atoms with van der Waals surface area (Å²) in [5.41, 5.74) is 1.01. The van der Waals surface area contributed by atoms with Crippen molar-refractivity contribution in [2.75, 3.05) is 13.9 Å². The topological polar surface area (TPSA) is 68.2 Å². The van der Waals surface area contributed by atoms with E-state index in [-0.39, 0.29) is 6.79 Å². The third-order valence-electron chi connectivity index (χ3n) is 5.59. The highest BCUT2D eigenvalue weighted by Crippen LogP contribution is 2.44. The first kappa shape index (κ1) is 15.6. The number of carboxylic acids is 1. The Bertz CT molecular complexity index is 647. The molecule has 4 rings (SSSR count). The summed E-state index contributed by atoms with van der Waals surface area (Å²) in [6, 6.07) is 3.86. The molecule has 6 nitrogen and oxygen atoms in total. The zero-order valence-corrected chi connectivity index (χ0v) is 13.9. The number of aliphatic carboxylic acids is 1. The molecule has 2 aliphatic heterocycles. The van der Waals surface area contributed by atoms with E-state index in [4.69, 9.17) is 14.2 Å². The average molecular weight is 333 g/mol. The molecule has 1 saturated heterocycles. The van der Waals surface area contributed by atoms with Crippen molar-refractivity contribution in [3.63, 3.8) is 0 Å². The molecule has 2 fully saturated rings. The number of methoxy groups -OCH3 is 1. The zero-order valence-electron chi connectivity index (χ0n) is 13.9. The lowest BCUT2D eigenvalue weighted by atomic mass is 9.84. The molecule has 24 heavy (non-hydrogen) atoms. The van der Waals surface area contributed by atoms with E-state index in [0.717, 1.165) is 24.8 Å². The first-order valence-corrected chi connectivity index (χ1v) is 8.62. The van der Waals surface area contributed by atoms with Gasteiger partial charge < -0.3 is 19.3 Å². The number of fused-ring (bicyclic) bond motifs is 2. The van der Waals surface area contributed by atoms with Crippen molar-refractivity contribution in [1.29, 1.82) is 0 Å². The lowest BCUT2D eigenvalue weighted by Crippen LogP contribution is -2.41. The summed E-state index contributed by atoms with van der Waals surface area (Å²) in [4.78, 5) is 13.9. The van der Waals surface area contributed by atoms with Crippen LogP contribution in [0.15, 0.2) is 12.1 Å².